The van der Waals surface area contributed by atoms with E-state index in [9.17, 15) is 4.79 Å². The number of amides is 1. The smallest absolute Gasteiger partial charge is 0.248 e. The van der Waals surface area contributed by atoms with Crippen molar-refractivity contribution in [3.8, 4) is 11.5 Å². The molecule has 1 amide bonds. The fraction of sp³-hybridized carbons (Fsp3) is 0.118. The van der Waals surface area contributed by atoms with E-state index in [0.29, 0.717) is 17.2 Å². The minimum Gasteiger partial charge on any atom is -0.495 e. The molecule has 0 heterocycles. The van der Waals surface area contributed by atoms with Crippen LogP contribution < -0.4 is 14.8 Å². The van der Waals surface area contributed by atoms with Gasteiger partial charge in [0.05, 0.1) is 24.4 Å². The molecule has 2 aromatic rings. The second kappa shape index (κ2) is 7.66. The standard InChI is InChI=1S/C17H16BrNO3/c1-21-15-11-14(16(22-2)10-13(15)18)19-17(20)9-8-12-6-4-3-5-7-12/h3-11H,1-2H3,(H,19,20)/b9-8+. The van der Waals surface area contributed by atoms with E-state index < -0.39 is 0 Å². The van der Waals surface area contributed by atoms with Crippen molar-refractivity contribution in [1.29, 1.82) is 0 Å². The predicted molar refractivity (Wildman–Crippen MR) is 91.4 cm³/mol. The van der Waals surface area contributed by atoms with Crippen molar-refractivity contribution in [2.24, 2.45) is 0 Å². The molecular formula is C17H16BrNO3. The van der Waals surface area contributed by atoms with Crippen molar-refractivity contribution in [2.75, 3.05) is 19.5 Å². The van der Waals surface area contributed by atoms with Crippen LogP contribution in [0.25, 0.3) is 6.08 Å². The molecule has 2 rings (SSSR count). The molecule has 0 fully saturated rings. The molecule has 0 saturated carbocycles. The SMILES string of the molecule is COc1cc(NC(=O)/C=C/c2ccccc2)c(OC)cc1Br. The number of anilines is 1. The van der Waals surface area contributed by atoms with Crippen LogP contribution >= 0.6 is 15.9 Å². The number of halogens is 1. The van der Waals surface area contributed by atoms with E-state index in [1.807, 2.05) is 30.3 Å². The van der Waals surface area contributed by atoms with Crippen molar-refractivity contribution in [2.45, 2.75) is 0 Å². The number of carbonyl (C=O) groups is 1. The molecule has 4 nitrogen and oxygen atoms in total. The molecule has 0 aliphatic rings. The molecule has 0 bridgehead atoms. The van der Waals surface area contributed by atoms with Crippen LogP contribution in [-0.2, 0) is 4.79 Å². The Bertz CT molecular complexity index is 684. The Labute approximate surface area is 137 Å². The summed E-state index contributed by atoms with van der Waals surface area (Å²) in [6.07, 6.45) is 3.22. The van der Waals surface area contributed by atoms with E-state index in [2.05, 4.69) is 21.2 Å². The summed E-state index contributed by atoms with van der Waals surface area (Å²) in [6, 6.07) is 13.1. The summed E-state index contributed by atoms with van der Waals surface area (Å²) < 4.78 is 11.2. The van der Waals surface area contributed by atoms with E-state index in [0.717, 1.165) is 10.0 Å². The molecule has 0 aliphatic heterocycles. The Hall–Kier alpha value is -2.27. The molecule has 0 spiro atoms. The largest absolute Gasteiger partial charge is 0.495 e. The zero-order valence-corrected chi connectivity index (χ0v) is 13.9. The zero-order valence-electron chi connectivity index (χ0n) is 12.3. The highest BCUT2D eigenvalue weighted by Gasteiger charge is 2.11. The molecular weight excluding hydrogens is 346 g/mol. The van der Waals surface area contributed by atoms with Crippen LogP contribution in [0.5, 0.6) is 11.5 Å². The Balaban J connectivity index is 2.16. The van der Waals surface area contributed by atoms with Crippen molar-refractivity contribution in [3.63, 3.8) is 0 Å². The van der Waals surface area contributed by atoms with E-state index in [-0.39, 0.29) is 5.91 Å². The van der Waals surface area contributed by atoms with Crippen LogP contribution in [-0.4, -0.2) is 20.1 Å². The summed E-state index contributed by atoms with van der Waals surface area (Å²) in [5.41, 5.74) is 1.50. The Morgan fingerprint density at radius 2 is 1.77 bits per heavy atom. The highest BCUT2D eigenvalue weighted by Crippen LogP contribution is 2.36. The summed E-state index contributed by atoms with van der Waals surface area (Å²) in [5, 5.41) is 2.78. The third-order valence-corrected chi connectivity index (χ3v) is 3.58. The lowest BCUT2D eigenvalue weighted by molar-refractivity contribution is -0.111. The van der Waals surface area contributed by atoms with Gasteiger partial charge >= 0.3 is 0 Å². The first-order valence-electron chi connectivity index (χ1n) is 6.59. The van der Waals surface area contributed by atoms with Crippen LogP contribution in [0.3, 0.4) is 0 Å². The van der Waals surface area contributed by atoms with Gasteiger partial charge in [0.2, 0.25) is 5.91 Å². The third-order valence-electron chi connectivity index (χ3n) is 2.96. The quantitative estimate of drug-likeness (QED) is 0.814. The molecule has 22 heavy (non-hydrogen) atoms. The fourth-order valence-electron chi connectivity index (χ4n) is 1.87. The summed E-state index contributed by atoms with van der Waals surface area (Å²) >= 11 is 3.38. The van der Waals surface area contributed by atoms with Crippen LogP contribution in [0.2, 0.25) is 0 Å². The van der Waals surface area contributed by atoms with Gasteiger partial charge in [-0.15, -0.1) is 0 Å². The first-order valence-corrected chi connectivity index (χ1v) is 7.39. The monoisotopic (exact) mass is 361 g/mol. The van der Waals surface area contributed by atoms with Gasteiger partial charge in [-0.1, -0.05) is 30.3 Å². The molecule has 114 valence electrons. The van der Waals surface area contributed by atoms with Gasteiger partial charge in [-0.2, -0.15) is 0 Å². The predicted octanol–water partition coefficient (Wildman–Crippen LogP) is 4.12. The first kappa shape index (κ1) is 16.1. The van der Waals surface area contributed by atoms with E-state index >= 15 is 0 Å². The average Bonchev–Trinajstić information content (AvgIpc) is 2.55. The summed E-state index contributed by atoms with van der Waals surface area (Å²) in [5.74, 6) is 0.920. The average molecular weight is 362 g/mol. The van der Waals surface area contributed by atoms with Crippen molar-refractivity contribution in [3.05, 3.63) is 58.6 Å². The number of benzene rings is 2. The maximum atomic E-state index is 12.0. The first-order chi connectivity index (χ1) is 10.6. The number of ether oxygens (including phenoxy) is 2. The maximum absolute atomic E-state index is 12.0. The fourth-order valence-corrected chi connectivity index (χ4v) is 2.35. The molecule has 0 unspecified atom stereocenters. The molecule has 0 saturated heterocycles. The lowest BCUT2D eigenvalue weighted by atomic mass is 10.2. The Morgan fingerprint density at radius 3 is 2.41 bits per heavy atom. The third kappa shape index (κ3) is 4.11. The molecule has 1 N–H and O–H groups in total. The van der Waals surface area contributed by atoms with E-state index in [4.69, 9.17) is 9.47 Å². The zero-order chi connectivity index (χ0) is 15.9. The van der Waals surface area contributed by atoms with Gasteiger partial charge < -0.3 is 14.8 Å². The van der Waals surface area contributed by atoms with Gasteiger partial charge in [-0.25, -0.2) is 0 Å². The number of hydrogen-bond donors (Lipinski definition) is 1. The van der Waals surface area contributed by atoms with Gasteiger partial charge in [0.1, 0.15) is 11.5 Å². The number of methoxy groups -OCH3 is 2. The Morgan fingerprint density at radius 1 is 1.09 bits per heavy atom. The molecule has 0 aromatic heterocycles. The number of nitrogens with one attached hydrogen (secondary N) is 1. The van der Waals surface area contributed by atoms with Gasteiger partial charge in [0.25, 0.3) is 0 Å². The lowest BCUT2D eigenvalue weighted by Gasteiger charge is -2.12. The highest BCUT2D eigenvalue weighted by atomic mass is 79.9. The van der Waals surface area contributed by atoms with Crippen molar-refractivity contribution < 1.29 is 14.3 Å². The van der Waals surface area contributed by atoms with Crippen molar-refractivity contribution in [1.82, 2.24) is 0 Å². The molecule has 0 aliphatic carbocycles. The van der Waals surface area contributed by atoms with Crippen LogP contribution in [0.15, 0.2) is 53.0 Å². The number of carbonyl (C=O) groups excluding carboxylic acids is 1. The second-order valence-corrected chi connectivity index (χ2v) is 5.27. The van der Waals surface area contributed by atoms with Crippen LogP contribution in [0.1, 0.15) is 5.56 Å². The van der Waals surface area contributed by atoms with E-state index in [1.165, 1.54) is 6.08 Å². The molecule has 0 radical (unpaired) electrons. The molecule has 2 aromatic carbocycles. The van der Waals surface area contributed by atoms with E-state index in [1.54, 1.807) is 32.4 Å². The molecule has 0 atom stereocenters. The van der Waals surface area contributed by atoms with Gasteiger partial charge in [-0.05, 0) is 27.6 Å². The normalized spacial score (nSPS) is 10.5. The topological polar surface area (TPSA) is 47.6 Å². The summed E-state index contributed by atoms with van der Waals surface area (Å²) in [4.78, 5) is 12.0. The lowest BCUT2D eigenvalue weighted by Crippen LogP contribution is -2.09. The minimum atomic E-state index is -0.244. The summed E-state index contributed by atoms with van der Waals surface area (Å²) in [6.45, 7) is 0. The molecule has 5 heteroatoms. The van der Waals surface area contributed by atoms with Crippen molar-refractivity contribution >= 4 is 33.6 Å². The van der Waals surface area contributed by atoms with Crippen LogP contribution in [0, 0.1) is 0 Å². The number of rotatable bonds is 5. The van der Waals surface area contributed by atoms with Crippen LogP contribution in [0.4, 0.5) is 5.69 Å². The van der Waals surface area contributed by atoms with Gasteiger partial charge in [-0.3, -0.25) is 4.79 Å². The second-order valence-electron chi connectivity index (χ2n) is 4.42. The Kier molecular flexibility index (Phi) is 5.61. The van der Waals surface area contributed by atoms with Gasteiger partial charge in [0.15, 0.2) is 0 Å². The number of hydrogen-bond acceptors (Lipinski definition) is 3. The minimum absolute atomic E-state index is 0.244. The maximum Gasteiger partial charge on any atom is 0.248 e. The summed E-state index contributed by atoms with van der Waals surface area (Å²) in [7, 11) is 3.11. The van der Waals surface area contributed by atoms with Gasteiger partial charge in [0, 0.05) is 18.2 Å². The highest BCUT2D eigenvalue weighted by molar-refractivity contribution is 9.10.